The van der Waals surface area contributed by atoms with E-state index in [0.717, 1.165) is 17.4 Å². The largest absolute Gasteiger partial charge is 0.354 e. The number of rotatable bonds is 4. The zero-order valence-electron chi connectivity index (χ0n) is 14.2. The molecule has 0 radical (unpaired) electrons. The number of benzene rings is 1. The van der Waals surface area contributed by atoms with E-state index in [-0.39, 0.29) is 28.9 Å². The van der Waals surface area contributed by atoms with Crippen LogP contribution in [0.4, 0.5) is 0 Å². The molecule has 0 aliphatic heterocycles. The topological polar surface area (TPSA) is 96.6 Å². The van der Waals surface area contributed by atoms with Gasteiger partial charge in [0, 0.05) is 19.6 Å². The van der Waals surface area contributed by atoms with Gasteiger partial charge in [0.1, 0.15) is 0 Å². The fraction of sp³-hybridized carbons (Fsp3) is 0.562. The Bertz CT molecular complexity index is 639. The number of primary sulfonamides is 1. The highest BCUT2D eigenvalue weighted by atomic mass is 127. The second-order valence-corrected chi connectivity index (χ2v) is 7.78. The summed E-state index contributed by atoms with van der Waals surface area (Å²) in [6, 6.07) is 7.02. The Morgan fingerprint density at radius 2 is 1.79 bits per heavy atom. The molecule has 2 rings (SSSR count). The highest BCUT2D eigenvalue weighted by Crippen LogP contribution is 2.23. The summed E-state index contributed by atoms with van der Waals surface area (Å²) in [5.41, 5.74) is 0.970. The van der Waals surface area contributed by atoms with Crippen LogP contribution in [-0.4, -0.2) is 27.5 Å². The van der Waals surface area contributed by atoms with Gasteiger partial charge in [0.15, 0.2) is 5.96 Å². The van der Waals surface area contributed by atoms with E-state index in [1.54, 1.807) is 19.2 Å². The number of nitrogens with one attached hydrogen (secondary N) is 2. The van der Waals surface area contributed by atoms with Gasteiger partial charge < -0.3 is 10.6 Å². The van der Waals surface area contributed by atoms with E-state index >= 15 is 0 Å². The summed E-state index contributed by atoms with van der Waals surface area (Å²) in [5.74, 6) is 1.60. The average Bonchev–Trinajstić information content (AvgIpc) is 2.53. The minimum atomic E-state index is -3.64. The van der Waals surface area contributed by atoms with Crippen molar-refractivity contribution in [1.29, 1.82) is 0 Å². The van der Waals surface area contributed by atoms with E-state index in [1.807, 2.05) is 0 Å². The molecule has 136 valence electrons. The summed E-state index contributed by atoms with van der Waals surface area (Å²) in [6.07, 6.45) is 4.85. The molecular weight excluding hydrogens is 439 g/mol. The third-order valence-electron chi connectivity index (χ3n) is 4.29. The standard InChI is InChI=1S/C16H26N4O2S.HI/c1-12-3-7-14(8-4-12)20-16(18-2)19-11-13-5-9-15(10-6-13)23(17,21)22;/h5-6,9-10,12,14H,3-4,7-8,11H2,1-2H3,(H2,17,21,22)(H2,18,19,20);1H. The molecule has 8 heteroatoms. The van der Waals surface area contributed by atoms with Crippen LogP contribution < -0.4 is 15.8 Å². The molecule has 0 spiro atoms. The number of aliphatic imine (C=N–C) groups is 1. The Morgan fingerprint density at radius 1 is 1.21 bits per heavy atom. The third kappa shape index (κ3) is 6.56. The zero-order chi connectivity index (χ0) is 16.9. The van der Waals surface area contributed by atoms with Crippen LogP contribution in [0.2, 0.25) is 0 Å². The first kappa shape index (κ1) is 21.2. The summed E-state index contributed by atoms with van der Waals surface area (Å²) >= 11 is 0. The lowest BCUT2D eigenvalue weighted by Gasteiger charge is -2.28. The van der Waals surface area contributed by atoms with Crippen molar-refractivity contribution in [3.05, 3.63) is 29.8 Å². The maximum absolute atomic E-state index is 11.2. The van der Waals surface area contributed by atoms with E-state index in [2.05, 4.69) is 22.5 Å². The third-order valence-corrected chi connectivity index (χ3v) is 5.22. The van der Waals surface area contributed by atoms with Crippen molar-refractivity contribution in [1.82, 2.24) is 10.6 Å². The minimum absolute atomic E-state index is 0. The number of guanidine groups is 1. The smallest absolute Gasteiger partial charge is 0.238 e. The highest BCUT2D eigenvalue weighted by molar-refractivity contribution is 14.0. The van der Waals surface area contributed by atoms with Crippen LogP contribution in [-0.2, 0) is 16.6 Å². The molecule has 6 nitrogen and oxygen atoms in total. The van der Waals surface area contributed by atoms with E-state index in [1.165, 1.54) is 37.8 Å². The molecule has 0 bridgehead atoms. The van der Waals surface area contributed by atoms with E-state index in [0.29, 0.717) is 12.6 Å². The van der Waals surface area contributed by atoms with Gasteiger partial charge in [0.2, 0.25) is 10.0 Å². The van der Waals surface area contributed by atoms with Gasteiger partial charge in [-0.15, -0.1) is 24.0 Å². The van der Waals surface area contributed by atoms with Crippen molar-refractivity contribution < 1.29 is 8.42 Å². The molecule has 1 saturated carbocycles. The lowest BCUT2D eigenvalue weighted by molar-refractivity contribution is 0.329. The molecule has 0 saturated heterocycles. The van der Waals surface area contributed by atoms with Crippen LogP contribution in [0.3, 0.4) is 0 Å². The van der Waals surface area contributed by atoms with Crippen molar-refractivity contribution in [3.8, 4) is 0 Å². The van der Waals surface area contributed by atoms with Crippen molar-refractivity contribution in [2.45, 2.75) is 50.1 Å². The number of sulfonamides is 1. The van der Waals surface area contributed by atoms with Crippen molar-refractivity contribution in [2.24, 2.45) is 16.0 Å². The van der Waals surface area contributed by atoms with E-state index in [9.17, 15) is 8.42 Å². The summed E-state index contributed by atoms with van der Waals surface area (Å²) < 4.78 is 22.5. The van der Waals surface area contributed by atoms with Crippen LogP contribution in [0.25, 0.3) is 0 Å². The first-order chi connectivity index (χ1) is 10.9. The summed E-state index contributed by atoms with van der Waals surface area (Å²) in [7, 11) is -1.88. The number of hydrogen-bond acceptors (Lipinski definition) is 3. The lowest BCUT2D eigenvalue weighted by Crippen LogP contribution is -2.44. The number of hydrogen-bond donors (Lipinski definition) is 3. The quantitative estimate of drug-likeness (QED) is 0.360. The second-order valence-electron chi connectivity index (χ2n) is 6.22. The molecule has 1 aliphatic carbocycles. The number of nitrogens with zero attached hydrogens (tertiary/aromatic N) is 1. The lowest BCUT2D eigenvalue weighted by atomic mass is 9.87. The minimum Gasteiger partial charge on any atom is -0.354 e. The van der Waals surface area contributed by atoms with Gasteiger partial charge in [-0.3, -0.25) is 4.99 Å². The average molecular weight is 466 g/mol. The van der Waals surface area contributed by atoms with Gasteiger partial charge in [-0.05, 0) is 49.3 Å². The van der Waals surface area contributed by atoms with E-state index < -0.39 is 10.0 Å². The van der Waals surface area contributed by atoms with Gasteiger partial charge in [-0.2, -0.15) is 0 Å². The van der Waals surface area contributed by atoms with Crippen LogP contribution in [0, 0.1) is 5.92 Å². The molecule has 0 heterocycles. The molecule has 1 fully saturated rings. The van der Waals surface area contributed by atoms with Gasteiger partial charge in [0.25, 0.3) is 0 Å². The predicted octanol–water partition coefficient (Wildman–Crippen LogP) is 2.20. The molecule has 0 atom stereocenters. The van der Waals surface area contributed by atoms with Gasteiger partial charge in [-0.25, -0.2) is 13.6 Å². The Balaban J connectivity index is 0.00000288. The fourth-order valence-electron chi connectivity index (χ4n) is 2.78. The van der Waals surface area contributed by atoms with Crippen molar-refractivity contribution in [2.75, 3.05) is 7.05 Å². The van der Waals surface area contributed by atoms with Crippen molar-refractivity contribution in [3.63, 3.8) is 0 Å². The summed E-state index contributed by atoms with van der Waals surface area (Å²) in [5, 5.41) is 11.8. The second kappa shape index (κ2) is 9.57. The number of halogens is 1. The molecule has 1 aromatic rings. The molecule has 0 aromatic heterocycles. The molecule has 4 N–H and O–H groups in total. The number of nitrogens with two attached hydrogens (primary N) is 1. The maximum Gasteiger partial charge on any atom is 0.238 e. The Labute approximate surface area is 161 Å². The SMILES string of the molecule is CN=C(NCc1ccc(S(N)(=O)=O)cc1)NC1CCC(C)CC1.I. The van der Waals surface area contributed by atoms with Gasteiger partial charge in [-0.1, -0.05) is 19.1 Å². The highest BCUT2D eigenvalue weighted by Gasteiger charge is 2.18. The molecule has 1 aliphatic rings. The zero-order valence-corrected chi connectivity index (χ0v) is 17.3. The summed E-state index contributed by atoms with van der Waals surface area (Å²) in [6.45, 7) is 2.88. The fourth-order valence-corrected chi connectivity index (χ4v) is 3.29. The van der Waals surface area contributed by atoms with Crippen LogP contribution in [0.1, 0.15) is 38.2 Å². The normalized spacial score (nSPS) is 21.7. The monoisotopic (exact) mass is 466 g/mol. The van der Waals surface area contributed by atoms with Gasteiger partial charge in [0.05, 0.1) is 4.90 Å². The van der Waals surface area contributed by atoms with Crippen LogP contribution >= 0.6 is 24.0 Å². The van der Waals surface area contributed by atoms with E-state index in [4.69, 9.17) is 5.14 Å². The molecular formula is C16H27IN4O2S. The molecule has 1 aromatic carbocycles. The molecule has 24 heavy (non-hydrogen) atoms. The van der Waals surface area contributed by atoms with Gasteiger partial charge >= 0.3 is 0 Å². The van der Waals surface area contributed by atoms with Crippen molar-refractivity contribution >= 4 is 40.0 Å². The Hall–Kier alpha value is -0.870. The first-order valence-corrected chi connectivity index (χ1v) is 9.52. The Kier molecular flexibility index (Phi) is 8.44. The van der Waals surface area contributed by atoms with Crippen LogP contribution in [0.15, 0.2) is 34.2 Å². The predicted molar refractivity (Wildman–Crippen MR) is 108 cm³/mol. The Morgan fingerprint density at radius 3 is 2.29 bits per heavy atom. The molecule has 0 unspecified atom stereocenters. The molecule has 0 amide bonds. The summed E-state index contributed by atoms with van der Waals surface area (Å²) in [4.78, 5) is 4.38. The first-order valence-electron chi connectivity index (χ1n) is 7.97. The maximum atomic E-state index is 11.2. The van der Waals surface area contributed by atoms with Crippen LogP contribution in [0.5, 0.6) is 0 Å².